The summed E-state index contributed by atoms with van der Waals surface area (Å²) < 4.78 is 0. The topological polar surface area (TPSA) is 65.5 Å². The lowest BCUT2D eigenvalue weighted by Gasteiger charge is -2.13. The Balaban J connectivity index is 1.84. The predicted molar refractivity (Wildman–Crippen MR) is 108 cm³/mol. The first-order chi connectivity index (χ1) is 12.5. The van der Waals surface area contributed by atoms with Gasteiger partial charge >= 0.3 is 0 Å². The van der Waals surface area contributed by atoms with Gasteiger partial charge in [0, 0.05) is 36.8 Å². The van der Waals surface area contributed by atoms with Crippen LogP contribution in [0.4, 0.5) is 5.69 Å². The third-order valence-corrected chi connectivity index (χ3v) is 4.20. The second-order valence-electron chi connectivity index (χ2n) is 6.21. The lowest BCUT2D eigenvalue weighted by molar-refractivity contribution is -0.118. The summed E-state index contributed by atoms with van der Waals surface area (Å²) in [4.78, 5) is 15.9. The smallest absolute Gasteiger partial charge is 0.226 e. The van der Waals surface area contributed by atoms with E-state index in [1.807, 2.05) is 62.4 Å². The largest absolute Gasteiger partial charge is 0.352 e. The molecule has 3 N–H and O–H groups in total. The minimum Gasteiger partial charge on any atom is -0.352 e. The van der Waals surface area contributed by atoms with Crippen LogP contribution in [0.1, 0.15) is 25.0 Å². The molecule has 0 aliphatic rings. The van der Waals surface area contributed by atoms with Gasteiger partial charge in [-0.25, -0.2) is 0 Å². The number of amides is 1. The molecule has 0 fully saturated rings. The highest BCUT2D eigenvalue weighted by Crippen LogP contribution is 2.14. The number of hydrogen-bond acceptors (Lipinski definition) is 2. The van der Waals surface area contributed by atoms with Gasteiger partial charge in [-0.1, -0.05) is 55.8 Å². The molecule has 2 rings (SSSR count). The minimum absolute atomic E-state index is 0.0139. The number of guanidine groups is 1. The molecule has 0 saturated carbocycles. The van der Waals surface area contributed by atoms with E-state index >= 15 is 0 Å². The molecule has 0 heterocycles. The molecule has 0 aliphatic heterocycles. The van der Waals surface area contributed by atoms with Crippen molar-refractivity contribution in [2.45, 2.75) is 26.9 Å². The van der Waals surface area contributed by atoms with E-state index in [0.717, 1.165) is 21.8 Å². The van der Waals surface area contributed by atoms with Gasteiger partial charge in [0.05, 0.1) is 0 Å². The first-order valence-corrected chi connectivity index (χ1v) is 8.95. The first kappa shape index (κ1) is 19.8. The fourth-order valence-electron chi connectivity index (χ4n) is 2.22. The summed E-state index contributed by atoms with van der Waals surface area (Å²) in [6.07, 6.45) is 0. The molecule has 0 unspecified atom stereocenters. The molecule has 5 nitrogen and oxygen atoms in total. The molecule has 0 spiro atoms. The van der Waals surface area contributed by atoms with E-state index in [4.69, 9.17) is 11.6 Å². The summed E-state index contributed by atoms with van der Waals surface area (Å²) in [7, 11) is 1.73. The quantitative estimate of drug-likeness (QED) is 0.533. The molecule has 2 aromatic carbocycles. The van der Waals surface area contributed by atoms with Crippen molar-refractivity contribution >= 4 is 29.2 Å². The molecule has 0 radical (unpaired) electrons. The number of carbonyl (C=O) groups excluding carboxylic acids is 1. The molecule has 1 amide bonds. The third kappa shape index (κ3) is 6.08. The normalized spacial score (nSPS) is 11.3. The van der Waals surface area contributed by atoms with Crippen molar-refractivity contribution in [3.05, 3.63) is 64.7 Å². The summed E-state index contributed by atoms with van der Waals surface area (Å²) >= 11 is 6.16. The maximum atomic E-state index is 11.7. The number of benzene rings is 2. The zero-order valence-electron chi connectivity index (χ0n) is 15.3. The molecule has 0 atom stereocenters. The highest BCUT2D eigenvalue weighted by molar-refractivity contribution is 6.31. The zero-order valence-corrected chi connectivity index (χ0v) is 16.1. The Morgan fingerprint density at radius 2 is 1.69 bits per heavy atom. The van der Waals surface area contributed by atoms with Crippen LogP contribution >= 0.6 is 11.6 Å². The van der Waals surface area contributed by atoms with Gasteiger partial charge in [0.15, 0.2) is 5.96 Å². The van der Waals surface area contributed by atoms with E-state index in [9.17, 15) is 4.79 Å². The van der Waals surface area contributed by atoms with Crippen LogP contribution in [-0.4, -0.2) is 18.9 Å². The van der Waals surface area contributed by atoms with Crippen LogP contribution in [0.15, 0.2) is 53.5 Å². The van der Waals surface area contributed by atoms with Gasteiger partial charge in [-0.05, 0) is 29.3 Å². The molecule has 26 heavy (non-hydrogen) atoms. The molecular formula is C20H25ClN4O. The second-order valence-corrected chi connectivity index (χ2v) is 6.62. The van der Waals surface area contributed by atoms with Crippen molar-refractivity contribution in [2.75, 3.05) is 12.4 Å². The number of carbonyl (C=O) groups is 1. The van der Waals surface area contributed by atoms with E-state index in [-0.39, 0.29) is 11.8 Å². The maximum Gasteiger partial charge on any atom is 0.226 e. The van der Waals surface area contributed by atoms with E-state index in [1.54, 1.807) is 7.05 Å². The van der Waals surface area contributed by atoms with Crippen LogP contribution in [0.5, 0.6) is 0 Å². The number of rotatable bonds is 6. The molecule has 138 valence electrons. The average Bonchev–Trinajstić information content (AvgIpc) is 2.64. The summed E-state index contributed by atoms with van der Waals surface area (Å²) in [6, 6.07) is 15.5. The van der Waals surface area contributed by atoms with Crippen molar-refractivity contribution in [1.82, 2.24) is 10.6 Å². The van der Waals surface area contributed by atoms with Crippen LogP contribution in [0.3, 0.4) is 0 Å². The summed E-state index contributed by atoms with van der Waals surface area (Å²) in [5.41, 5.74) is 2.91. The van der Waals surface area contributed by atoms with Crippen molar-refractivity contribution in [3.63, 3.8) is 0 Å². The number of nitrogens with zero attached hydrogens (tertiary/aromatic N) is 1. The Kier molecular flexibility index (Phi) is 7.48. The summed E-state index contributed by atoms with van der Waals surface area (Å²) in [6.45, 7) is 4.96. The zero-order chi connectivity index (χ0) is 18.9. The molecule has 0 aromatic heterocycles. The Morgan fingerprint density at radius 3 is 2.31 bits per heavy atom. The van der Waals surface area contributed by atoms with E-state index in [1.165, 1.54) is 0 Å². The van der Waals surface area contributed by atoms with Crippen LogP contribution in [0, 0.1) is 5.92 Å². The van der Waals surface area contributed by atoms with E-state index in [2.05, 4.69) is 20.9 Å². The van der Waals surface area contributed by atoms with Crippen molar-refractivity contribution in [2.24, 2.45) is 10.9 Å². The Bertz CT molecular complexity index is 757. The summed E-state index contributed by atoms with van der Waals surface area (Å²) in [5.74, 6) is 0.672. The number of halogens is 1. The lowest BCUT2D eigenvalue weighted by Crippen LogP contribution is -2.36. The first-order valence-electron chi connectivity index (χ1n) is 8.57. The van der Waals surface area contributed by atoms with Gasteiger partial charge in [-0.3, -0.25) is 9.79 Å². The summed E-state index contributed by atoms with van der Waals surface area (Å²) in [5, 5.41) is 10.1. The highest BCUT2D eigenvalue weighted by atomic mass is 35.5. The van der Waals surface area contributed by atoms with E-state index < -0.39 is 0 Å². The fourth-order valence-corrected chi connectivity index (χ4v) is 2.42. The Hall–Kier alpha value is -2.53. The SMILES string of the molecule is CN=C(NCc1ccc(NC(=O)C(C)C)cc1)NCc1ccccc1Cl. The van der Waals surface area contributed by atoms with Gasteiger partial charge in [0.1, 0.15) is 0 Å². The minimum atomic E-state index is -0.0381. The average molecular weight is 373 g/mol. The number of aliphatic imine (C=N–C) groups is 1. The standard InChI is InChI=1S/C20H25ClN4O/c1-14(2)19(26)25-17-10-8-15(9-11-17)12-23-20(22-3)24-13-16-6-4-5-7-18(16)21/h4-11,14H,12-13H2,1-3H3,(H,25,26)(H2,22,23,24). The molecule has 0 aliphatic carbocycles. The Labute approximate surface area is 159 Å². The van der Waals surface area contributed by atoms with Crippen LogP contribution in [0.2, 0.25) is 5.02 Å². The molecule has 2 aromatic rings. The molecule has 0 bridgehead atoms. The van der Waals surface area contributed by atoms with Crippen LogP contribution in [-0.2, 0) is 17.9 Å². The van der Waals surface area contributed by atoms with Crippen LogP contribution < -0.4 is 16.0 Å². The molecule has 0 saturated heterocycles. The second kappa shape index (κ2) is 9.82. The van der Waals surface area contributed by atoms with Crippen LogP contribution in [0.25, 0.3) is 0 Å². The van der Waals surface area contributed by atoms with Gasteiger partial charge in [-0.2, -0.15) is 0 Å². The molecule has 6 heteroatoms. The monoisotopic (exact) mass is 372 g/mol. The Morgan fingerprint density at radius 1 is 1.04 bits per heavy atom. The fraction of sp³-hybridized carbons (Fsp3) is 0.300. The highest BCUT2D eigenvalue weighted by Gasteiger charge is 2.07. The maximum absolute atomic E-state index is 11.7. The lowest BCUT2D eigenvalue weighted by atomic mass is 10.1. The van der Waals surface area contributed by atoms with Gasteiger partial charge in [0.25, 0.3) is 0 Å². The van der Waals surface area contributed by atoms with Crippen molar-refractivity contribution in [1.29, 1.82) is 0 Å². The van der Waals surface area contributed by atoms with Gasteiger partial charge in [-0.15, -0.1) is 0 Å². The number of anilines is 1. The van der Waals surface area contributed by atoms with Gasteiger partial charge < -0.3 is 16.0 Å². The number of hydrogen-bond donors (Lipinski definition) is 3. The van der Waals surface area contributed by atoms with E-state index in [0.29, 0.717) is 19.0 Å². The van der Waals surface area contributed by atoms with Gasteiger partial charge in [0.2, 0.25) is 5.91 Å². The molecular weight excluding hydrogens is 348 g/mol. The number of nitrogens with one attached hydrogen (secondary N) is 3. The van der Waals surface area contributed by atoms with Crippen molar-refractivity contribution in [3.8, 4) is 0 Å². The van der Waals surface area contributed by atoms with Crippen molar-refractivity contribution < 1.29 is 4.79 Å². The third-order valence-electron chi connectivity index (χ3n) is 3.83. The predicted octanol–water partition coefficient (Wildman–Crippen LogP) is 3.80.